The van der Waals surface area contributed by atoms with Gasteiger partial charge in [-0.15, -0.1) is 11.3 Å². The summed E-state index contributed by atoms with van der Waals surface area (Å²) in [6.07, 6.45) is 3.82. The van der Waals surface area contributed by atoms with Crippen molar-refractivity contribution in [2.45, 2.75) is 22.3 Å². The summed E-state index contributed by atoms with van der Waals surface area (Å²) in [7, 11) is 8.11. The topological polar surface area (TPSA) is 125 Å². The first-order chi connectivity index (χ1) is 46.3. The summed E-state index contributed by atoms with van der Waals surface area (Å²) in [5, 5.41) is 42.0. The molecule has 2 aromatic heterocycles. The molecular formula is C82H72ClFN2O8S. The molecule has 13 heteroatoms. The van der Waals surface area contributed by atoms with Crippen LogP contribution in [0.4, 0.5) is 4.39 Å². The van der Waals surface area contributed by atoms with E-state index < -0.39 is 22.3 Å². The highest BCUT2D eigenvalue weighted by molar-refractivity contribution is 7.10. The van der Waals surface area contributed by atoms with Gasteiger partial charge in [-0.05, 0) is 164 Å². The Balaban J connectivity index is 0.000000139. The van der Waals surface area contributed by atoms with Crippen LogP contribution in [-0.2, 0) is 22.3 Å². The highest BCUT2D eigenvalue weighted by atomic mass is 35.5. The highest BCUT2D eigenvalue weighted by Crippen LogP contribution is 2.43. The van der Waals surface area contributed by atoms with Crippen LogP contribution >= 0.6 is 22.9 Å². The molecule has 0 radical (unpaired) electrons. The van der Waals surface area contributed by atoms with Crippen molar-refractivity contribution in [3.05, 3.63) is 404 Å². The fraction of sp³-hybridized carbons (Fsp3) is 0.110. The summed E-state index contributed by atoms with van der Waals surface area (Å²) in [5.74, 6) is 3.41. The number of halogens is 2. The van der Waals surface area contributed by atoms with Gasteiger partial charge in [-0.25, -0.2) is 4.39 Å². The molecule has 1 unspecified atom stereocenters. The Morgan fingerprint density at radius 2 is 0.600 bits per heavy atom. The Morgan fingerprint density at radius 1 is 0.326 bits per heavy atom. The number of benzene rings is 11. The monoisotopic (exact) mass is 1300 g/mol. The second-order valence-corrected chi connectivity index (χ2v) is 23.3. The zero-order valence-corrected chi connectivity index (χ0v) is 54.7. The van der Waals surface area contributed by atoms with E-state index in [9.17, 15) is 19.7 Å². The van der Waals surface area contributed by atoms with Crippen molar-refractivity contribution >= 4 is 22.9 Å². The number of nitrogens with zero attached hydrogens (tertiary/aromatic N) is 2. The van der Waals surface area contributed by atoms with E-state index in [1.54, 1.807) is 47.7 Å². The van der Waals surface area contributed by atoms with Crippen LogP contribution in [0.1, 0.15) is 66.1 Å². The molecule has 95 heavy (non-hydrogen) atoms. The smallest absolute Gasteiger partial charge is 0.149 e. The number of aromatic nitrogens is 2. The largest absolute Gasteiger partial charge is 0.497 e. The Labute approximate surface area is 563 Å². The molecule has 1 atom stereocenters. The first-order valence-electron chi connectivity index (χ1n) is 30.5. The minimum Gasteiger partial charge on any atom is -0.497 e. The van der Waals surface area contributed by atoms with E-state index in [0.717, 1.165) is 94.3 Å². The zero-order chi connectivity index (χ0) is 66.7. The third-order valence-electron chi connectivity index (χ3n) is 16.6. The molecular weight excluding hydrogens is 1230 g/mol. The molecule has 13 aromatic rings. The van der Waals surface area contributed by atoms with Crippen LogP contribution in [0.3, 0.4) is 0 Å². The van der Waals surface area contributed by atoms with Gasteiger partial charge in [-0.3, -0.25) is 4.68 Å². The Kier molecular flexibility index (Phi) is 22.2. The van der Waals surface area contributed by atoms with Crippen LogP contribution in [0, 0.1) is 5.82 Å². The molecule has 0 spiro atoms. The lowest BCUT2D eigenvalue weighted by molar-refractivity contribution is 0.125. The molecule has 0 aliphatic heterocycles. The maximum absolute atomic E-state index is 13.1. The van der Waals surface area contributed by atoms with Gasteiger partial charge in [0.1, 0.15) is 56.9 Å². The molecule has 0 saturated heterocycles. The van der Waals surface area contributed by atoms with Crippen molar-refractivity contribution in [2.75, 3.05) is 35.5 Å². The summed E-state index contributed by atoms with van der Waals surface area (Å²) < 4.78 is 41.3. The van der Waals surface area contributed by atoms with E-state index in [-0.39, 0.29) is 5.82 Å². The van der Waals surface area contributed by atoms with Crippen LogP contribution in [0.15, 0.2) is 327 Å². The first kappa shape index (κ1) is 67.3. The van der Waals surface area contributed by atoms with Gasteiger partial charge in [0.25, 0.3) is 0 Å². The van der Waals surface area contributed by atoms with Crippen LogP contribution < -0.4 is 23.7 Å². The quantitative estimate of drug-likeness (QED) is 0.0720. The summed E-state index contributed by atoms with van der Waals surface area (Å²) in [6.45, 7) is 0. The zero-order valence-electron chi connectivity index (χ0n) is 53.1. The normalized spacial score (nSPS) is 11.8. The van der Waals surface area contributed by atoms with Crippen molar-refractivity contribution in [2.24, 2.45) is 0 Å². The van der Waals surface area contributed by atoms with Crippen LogP contribution in [0.25, 0.3) is 0 Å². The number of thiophene rings is 1. The van der Waals surface area contributed by atoms with Gasteiger partial charge in [0.15, 0.2) is 0 Å². The third kappa shape index (κ3) is 14.8. The van der Waals surface area contributed by atoms with Gasteiger partial charge in [0.2, 0.25) is 0 Å². The van der Waals surface area contributed by atoms with E-state index in [1.165, 1.54) is 23.5 Å². The fourth-order valence-corrected chi connectivity index (χ4v) is 12.6. The highest BCUT2D eigenvalue weighted by Gasteiger charge is 2.40. The number of aliphatic hydroxyl groups is 3. The SMILES string of the molecule is COc1ccc(C(O)(c2ccc(OC)cc2)c2ccc(OC)cc2)cc1.COc1ccc(C(O)(c2ccccc2)c2ccc(OC)cc2)cc1.Clc1ccc(C(c2ccccc2)(c2ccccc2)n2cccn2)cc1.OC(c1ccccc1)(c1ccc(F)cc1)c1cccs1. The van der Waals surface area contributed by atoms with Crippen molar-refractivity contribution in [1.82, 2.24) is 9.78 Å². The standard InChI is InChI=1S/C22H17ClN2.C22H22O4.C21H20O3.C17H13FOS/c23-21-14-12-20(13-15-21)22(25-17-7-16-24-25,18-8-3-1-4-9-18)19-10-5-2-6-11-19;1-24-19-10-4-16(5-11-19)22(23,17-6-12-20(25-2)13-7-17)18-8-14-21(26-3)15-9-18;1-23-19-12-8-17(9-13-19)21(22,16-6-4-3-5-7-16)18-10-14-20(24-2)15-11-18;18-15-10-8-14(9-11-15)17(19,16-7-4-12-20-16)13-5-2-1-3-6-13/h1-17H;4-15,23H,1-3H3;3-15,22H,1-2H3;1-12,19H. The average Bonchev–Trinajstić information content (AvgIpc) is 1.69. The van der Waals surface area contributed by atoms with Gasteiger partial charge < -0.3 is 39.0 Å². The molecule has 3 N–H and O–H groups in total. The lowest BCUT2D eigenvalue weighted by atomic mass is 9.77. The predicted molar refractivity (Wildman–Crippen MR) is 377 cm³/mol. The van der Waals surface area contributed by atoms with Gasteiger partial charge in [0.05, 0.1) is 35.5 Å². The van der Waals surface area contributed by atoms with Gasteiger partial charge in [-0.2, -0.15) is 5.10 Å². The fourth-order valence-electron chi connectivity index (χ4n) is 11.6. The lowest BCUT2D eigenvalue weighted by Crippen LogP contribution is -2.38. The van der Waals surface area contributed by atoms with Crippen molar-refractivity contribution < 1.29 is 43.4 Å². The van der Waals surface area contributed by atoms with E-state index >= 15 is 0 Å². The van der Waals surface area contributed by atoms with E-state index in [4.69, 9.17) is 35.3 Å². The third-order valence-corrected chi connectivity index (χ3v) is 17.8. The molecule has 0 saturated carbocycles. The Hall–Kier alpha value is -10.6. The minimum absolute atomic E-state index is 0.310. The van der Waals surface area contributed by atoms with Crippen LogP contribution in [0.2, 0.25) is 5.02 Å². The summed E-state index contributed by atoms with van der Waals surface area (Å²) >= 11 is 7.64. The minimum atomic E-state index is -1.31. The second-order valence-electron chi connectivity index (χ2n) is 21.9. The molecule has 0 aliphatic rings. The molecule has 0 aliphatic carbocycles. The maximum Gasteiger partial charge on any atom is 0.149 e. The summed E-state index contributed by atoms with van der Waals surface area (Å²) in [5.41, 5.74) is 5.05. The summed E-state index contributed by atoms with van der Waals surface area (Å²) in [4.78, 5) is 0.815. The van der Waals surface area contributed by atoms with Gasteiger partial charge in [0, 0.05) is 22.3 Å². The van der Waals surface area contributed by atoms with E-state index in [1.807, 2.05) is 247 Å². The lowest BCUT2D eigenvalue weighted by Gasteiger charge is -2.36. The molecule has 0 amide bonds. The first-order valence-corrected chi connectivity index (χ1v) is 31.8. The molecule has 478 valence electrons. The van der Waals surface area contributed by atoms with E-state index in [2.05, 4.69) is 65.8 Å². The molecule has 11 aromatic carbocycles. The molecule has 2 heterocycles. The molecule has 0 bridgehead atoms. The van der Waals surface area contributed by atoms with Crippen molar-refractivity contribution in [1.29, 1.82) is 0 Å². The molecule has 13 rings (SSSR count). The second kappa shape index (κ2) is 31.4. The van der Waals surface area contributed by atoms with Gasteiger partial charge in [-0.1, -0.05) is 224 Å². The Bertz CT molecular complexity index is 4180. The number of ether oxygens (including phenoxy) is 5. The number of rotatable bonds is 18. The van der Waals surface area contributed by atoms with Crippen LogP contribution in [-0.4, -0.2) is 60.6 Å². The Morgan fingerprint density at radius 3 is 0.895 bits per heavy atom. The van der Waals surface area contributed by atoms with Crippen LogP contribution in [0.5, 0.6) is 28.7 Å². The maximum atomic E-state index is 13.1. The number of hydrogen-bond donors (Lipinski definition) is 3. The molecule has 10 nitrogen and oxygen atoms in total. The van der Waals surface area contributed by atoms with Crippen molar-refractivity contribution in [3.8, 4) is 28.7 Å². The van der Waals surface area contributed by atoms with Gasteiger partial charge >= 0.3 is 0 Å². The predicted octanol–water partition coefficient (Wildman–Crippen LogP) is 17.5. The number of methoxy groups -OCH3 is 5. The molecule has 0 fully saturated rings. The number of hydrogen-bond acceptors (Lipinski definition) is 10. The average molecular weight is 1300 g/mol. The summed E-state index contributed by atoms with van der Waals surface area (Å²) in [6, 6.07) is 96.9. The van der Waals surface area contributed by atoms with Crippen molar-refractivity contribution in [3.63, 3.8) is 0 Å². The van der Waals surface area contributed by atoms with E-state index in [0.29, 0.717) is 5.56 Å².